The van der Waals surface area contributed by atoms with Crippen molar-refractivity contribution in [1.29, 1.82) is 0 Å². The maximum Gasteiger partial charge on any atom is 0.0707 e. The summed E-state index contributed by atoms with van der Waals surface area (Å²) in [7, 11) is 0. The summed E-state index contributed by atoms with van der Waals surface area (Å²) < 4.78 is 6.23. The molecule has 0 amide bonds. The molecule has 3 nitrogen and oxygen atoms in total. The van der Waals surface area contributed by atoms with Crippen LogP contribution in [-0.4, -0.2) is 48.8 Å². The van der Waals surface area contributed by atoms with Crippen LogP contribution in [0.3, 0.4) is 0 Å². The zero-order chi connectivity index (χ0) is 14.7. The van der Waals surface area contributed by atoms with Gasteiger partial charge in [0.05, 0.1) is 12.2 Å². The van der Waals surface area contributed by atoms with Crippen molar-refractivity contribution >= 4 is 0 Å². The Kier molecular flexibility index (Phi) is 5.88. The number of hydrogen-bond acceptors (Lipinski definition) is 3. The van der Waals surface area contributed by atoms with Gasteiger partial charge in [-0.3, -0.25) is 4.90 Å². The van der Waals surface area contributed by atoms with E-state index in [0.717, 1.165) is 24.9 Å². The highest BCUT2D eigenvalue weighted by Crippen LogP contribution is 2.29. The summed E-state index contributed by atoms with van der Waals surface area (Å²) in [6, 6.07) is 1.27. The summed E-state index contributed by atoms with van der Waals surface area (Å²) >= 11 is 0. The third-order valence-corrected chi connectivity index (χ3v) is 5.11. The van der Waals surface area contributed by atoms with Gasteiger partial charge in [-0.05, 0) is 38.0 Å². The van der Waals surface area contributed by atoms with Gasteiger partial charge in [-0.25, -0.2) is 0 Å². The highest BCUT2D eigenvalue weighted by atomic mass is 16.5. The quantitative estimate of drug-likeness (QED) is 0.839. The van der Waals surface area contributed by atoms with Crippen molar-refractivity contribution in [1.82, 2.24) is 10.2 Å². The molecule has 2 heterocycles. The summed E-state index contributed by atoms with van der Waals surface area (Å²) in [6.45, 7) is 15.0. The van der Waals surface area contributed by atoms with Crippen molar-refractivity contribution in [3.8, 4) is 0 Å². The molecule has 2 fully saturated rings. The molecule has 3 heteroatoms. The van der Waals surface area contributed by atoms with Crippen LogP contribution < -0.4 is 5.32 Å². The lowest BCUT2D eigenvalue weighted by atomic mass is 9.86. The van der Waals surface area contributed by atoms with E-state index >= 15 is 0 Å². The molecule has 0 saturated carbocycles. The molecule has 5 atom stereocenters. The molecule has 118 valence electrons. The number of hydrogen-bond donors (Lipinski definition) is 1. The second-order valence-electron chi connectivity index (χ2n) is 7.53. The topological polar surface area (TPSA) is 24.5 Å². The van der Waals surface area contributed by atoms with Crippen molar-refractivity contribution in [3.05, 3.63) is 0 Å². The van der Waals surface area contributed by atoms with Gasteiger partial charge in [0.1, 0.15) is 0 Å². The second kappa shape index (κ2) is 7.24. The average molecular weight is 282 g/mol. The van der Waals surface area contributed by atoms with E-state index in [1.165, 1.54) is 25.8 Å². The maximum absolute atomic E-state index is 6.23. The Hall–Kier alpha value is -0.120. The third-order valence-electron chi connectivity index (χ3n) is 5.11. The van der Waals surface area contributed by atoms with E-state index in [9.17, 15) is 0 Å². The minimum Gasteiger partial charge on any atom is -0.372 e. The summed E-state index contributed by atoms with van der Waals surface area (Å²) in [6.07, 6.45) is 4.71. The largest absolute Gasteiger partial charge is 0.372 e. The highest BCUT2D eigenvalue weighted by molar-refractivity contribution is 4.86. The van der Waals surface area contributed by atoms with Crippen LogP contribution in [0, 0.1) is 11.8 Å². The normalized spacial score (nSPS) is 39.6. The lowest BCUT2D eigenvalue weighted by Gasteiger charge is -2.42. The number of likely N-dealkylation sites (tertiary alicyclic amines) is 1. The average Bonchev–Trinajstić information content (AvgIpc) is 2.80. The number of piperidine rings is 1. The van der Waals surface area contributed by atoms with Gasteiger partial charge in [0.15, 0.2) is 0 Å². The first kappa shape index (κ1) is 16.3. The van der Waals surface area contributed by atoms with Crippen molar-refractivity contribution < 1.29 is 4.74 Å². The molecule has 2 aliphatic heterocycles. The maximum atomic E-state index is 6.23. The molecule has 0 spiro atoms. The van der Waals surface area contributed by atoms with E-state index in [1.807, 2.05) is 0 Å². The van der Waals surface area contributed by atoms with Gasteiger partial charge < -0.3 is 10.1 Å². The fourth-order valence-electron chi connectivity index (χ4n) is 3.77. The first-order valence-corrected chi connectivity index (χ1v) is 8.58. The molecule has 2 aliphatic rings. The number of rotatable bonds is 5. The fourth-order valence-corrected chi connectivity index (χ4v) is 3.77. The molecule has 0 aromatic heterocycles. The van der Waals surface area contributed by atoms with Crippen LogP contribution in [-0.2, 0) is 4.74 Å². The zero-order valence-electron chi connectivity index (χ0n) is 14.1. The molecular formula is C17H34N2O. The van der Waals surface area contributed by atoms with Crippen LogP contribution in [0.1, 0.15) is 53.9 Å². The van der Waals surface area contributed by atoms with Gasteiger partial charge in [0.2, 0.25) is 0 Å². The van der Waals surface area contributed by atoms with Crippen molar-refractivity contribution in [2.24, 2.45) is 11.8 Å². The zero-order valence-corrected chi connectivity index (χ0v) is 14.1. The van der Waals surface area contributed by atoms with Gasteiger partial charge in [-0.15, -0.1) is 0 Å². The van der Waals surface area contributed by atoms with E-state index in [-0.39, 0.29) is 0 Å². The Bertz CT molecular complexity index is 295. The van der Waals surface area contributed by atoms with E-state index < -0.39 is 0 Å². The predicted molar refractivity (Wildman–Crippen MR) is 85.0 cm³/mol. The smallest absolute Gasteiger partial charge is 0.0707 e. The van der Waals surface area contributed by atoms with E-state index in [4.69, 9.17) is 4.74 Å². The molecule has 0 radical (unpaired) electrons. The summed E-state index contributed by atoms with van der Waals surface area (Å²) in [5.41, 5.74) is 0. The van der Waals surface area contributed by atoms with Gasteiger partial charge in [-0.1, -0.05) is 27.7 Å². The molecular weight excluding hydrogens is 248 g/mol. The Balaban J connectivity index is 1.76. The molecule has 20 heavy (non-hydrogen) atoms. The first-order chi connectivity index (χ1) is 9.45. The molecule has 0 aromatic carbocycles. The van der Waals surface area contributed by atoms with Gasteiger partial charge >= 0.3 is 0 Å². The molecule has 0 bridgehead atoms. The van der Waals surface area contributed by atoms with E-state index in [0.29, 0.717) is 24.3 Å². The van der Waals surface area contributed by atoms with Crippen molar-refractivity contribution in [2.75, 3.05) is 19.6 Å². The Morgan fingerprint density at radius 2 is 1.85 bits per heavy atom. The molecule has 5 unspecified atom stereocenters. The molecule has 2 rings (SSSR count). The second-order valence-corrected chi connectivity index (χ2v) is 7.53. The molecule has 0 aromatic rings. The number of nitrogens with zero attached hydrogens (tertiary/aromatic N) is 1. The number of nitrogens with one attached hydrogen (secondary N) is 1. The monoisotopic (exact) mass is 282 g/mol. The van der Waals surface area contributed by atoms with Crippen LogP contribution in [0.4, 0.5) is 0 Å². The van der Waals surface area contributed by atoms with Crippen LogP contribution in [0.15, 0.2) is 0 Å². The van der Waals surface area contributed by atoms with Crippen LogP contribution in [0.25, 0.3) is 0 Å². The Labute approximate surface area is 125 Å². The fraction of sp³-hybridized carbons (Fsp3) is 1.00. The number of ether oxygens (including phenoxy) is 1. The van der Waals surface area contributed by atoms with Gasteiger partial charge in [0, 0.05) is 31.7 Å². The first-order valence-electron chi connectivity index (χ1n) is 8.58. The minimum absolute atomic E-state index is 0.428. The van der Waals surface area contributed by atoms with Gasteiger partial charge in [0.25, 0.3) is 0 Å². The summed E-state index contributed by atoms with van der Waals surface area (Å²) in [5.74, 6) is 1.65. The Morgan fingerprint density at radius 1 is 1.15 bits per heavy atom. The lowest BCUT2D eigenvalue weighted by Crippen LogP contribution is -2.48. The SMILES string of the molecule is CC1CC(C)C(C)N(CC2CCC(CNC(C)C)O2)C1. The van der Waals surface area contributed by atoms with Crippen LogP contribution in [0.5, 0.6) is 0 Å². The minimum atomic E-state index is 0.428. The molecule has 1 N–H and O–H groups in total. The lowest BCUT2D eigenvalue weighted by molar-refractivity contribution is -0.00772. The predicted octanol–water partition coefficient (Wildman–Crippen LogP) is 2.90. The van der Waals surface area contributed by atoms with Crippen molar-refractivity contribution in [2.45, 2.75) is 78.2 Å². The highest BCUT2D eigenvalue weighted by Gasteiger charge is 2.33. The van der Waals surface area contributed by atoms with E-state index in [1.54, 1.807) is 0 Å². The standard InChI is InChI=1S/C17H34N2O/c1-12(2)18-9-16-6-7-17(20-16)11-19-10-13(3)8-14(4)15(19)5/h12-18H,6-11H2,1-5H3. The van der Waals surface area contributed by atoms with Crippen LogP contribution in [0.2, 0.25) is 0 Å². The Morgan fingerprint density at radius 3 is 2.55 bits per heavy atom. The molecule has 2 saturated heterocycles. The van der Waals surface area contributed by atoms with Crippen LogP contribution >= 0.6 is 0 Å². The van der Waals surface area contributed by atoms with E-state index in [2.05, 4.69) is 44.8 Å². The summed E-state index contributed by atoms with van der Waals surface area (Å²) in [4.78, 5) is 2.67. The molecule has 0 aliphatic carbocycles. The third kappa shape index (κ3) is 4.44. The van der Waals surface area contributed by atoms with Gasteiger partial charge in [-0.2, -0.15) is 0 Å². The summed E-state index contributed by atoms with van der Waals surface area (Å²) in [5, 5.41) is 3.50. The van der Waals surface area contributed by atoms with Crippen molar-refractivity contribution in [3.63, 3.8) is 0 Å².